The highest BCUT2D eigenvalue weighted by molar-refractivity contribution is 5.95. The third-order valence-corrected chi connectivity index (χ3v) is 8.18. The fourth-order valence-corrected chi connectivity index (χ4v) is 5.37. The van der Waals surface area contributed by atoms with Crippen LogP contribution in [0.25, 0.3) is 0 Å². The van der Waals surface area contributed by atoms with E-state index in [9.17, 15) is 24.6 Å². The molecule has 1 aliphatic rings. The van der Waals surface area contributed by atoms with Crippen LogP contribution >= 0.6 is 0 Å². The lowest BCUT2D eigenvalue weighted by atomic mass is 9.90. The molecule has 7 heteroatoms. The van der Waals surface area contributed by atoms with E-state index in [1.54, 1.807) is 12.2 Å². The summed E-state index contributed by atoms with van der Waals surface area (Å²) in [6.45, 7) is 3.84. The largest absolute Gasteiger partial charge is 0.462 e. The first-order chi connectivity index (χ1) is 21.4. The molecule has 1 rings (SSSR count). The molecule has 0 heterocycles. The van der Waals surface area contributed by atoms with Crippen molar-refractivity contribution in [3.05, 3.63) is 36.5 Å². The standard InChI is InChI=1S/C37H62O7/c1-3-5-7-8-9-10-11-12-13-14-20-24-37(42)44-33(29-38)30-43-36(41)23-19-16-15-18-21-31-25-28-35(40)34(31)27-26-32(39)22-17-6-4-2/h15,18,25-28,31-34,38-39H,3-14,16-17,19-24,29-30H2,1-2H3/b18-15-,27-26+/t31-,32-,33-,34+/m0/s1. The van der Waals surface area contributed by atoms with E-state index < -0.39 is 12.2 Å². The summed E-state index contributed by atoms with van der Waals surface area (Å²) >= 11 is 0. The van der Waals surface area contributed by atoms with E-state index in [0.717, 1.165) is 51.4 Å². The van der Waals surface area contributed by atoms with Crippen LogP contribution in [0.3, 0.4) is 0 Å². The number of ether oxygens (including phenoxy) is 2. The Morgan fingerprint density at radius 3 is 2.11 bits per heavy atom. The van der Waals surface area contributed by atoms with E-state index in [2.05, 4.69) is 13.8 Å². The molecule has 0 bridgehead atoms. The van der Waals surface area contributed by atoms with Gasteiger partial charge in [0.1, 0.15) is 6.61 Å². The van der Waals surface area contributed by atoms with Crippen LogP contribution in [0.4, 0.5) is 0 Å². The maximum atomic E-state index is 12.2. The Labute approximate surface area is 267 Å². The van der Waals surface area contributed by atoms with Crippen LogP contribution in [0.5, 0.6) is 0 Å². The molecule has 0 fully saturated rings. The summed E-state index contributed by atoms with van der Waals surface area (Å²) in [5, 5.41) is 19.7. The lowest BCUT2D eigenvalue weighted by molar-refractivity contribution is -0.161. The summed E-state index contributed by atoms with van der Waals surface area (Å²) in [4.78, 5) is 36.5. The van der Waals surface area contributed by atoms with Crippen LogP contribution in [0.1, 0.15) is 142 Å². The molecule has 7 nitrogen and oxygen atoms in total. The van der Waals surface area contributed by atoms with Crippen LogP contribution in [-0.2, 0) is 23.9 Å². The Kier molecular flexibility index (Phi) is 24.5. The van der Waals surface area contributed by atoms with Crippen molar-refractivity contribution < 1.29 is 34.1 Å². The predicted molar refractivity (Wildman–Crippen MR) is 177 cm³/mol. The fourth-order valence-electron chi connectivity index (χ4n) is 5.37. The second-order valence-corrected chi connectivity index (χ2v) is 12.3. The lowest BCUT2D eigenvalue weighted by Gasteiger charge is -2.15. The Balaban J connectivity index is 2.13. The average Bonchev–Trinajstić information content (AvgIpc) is 3.37. The molecule has 0 aromatic rings. The van der Waals surface area contributed by atoms with E-state index in [0.29, 0.717) is 19.3 Å². The maximum absolute atomic E-state index is 12.2. The van der Waals surface area contributed by atoms with Gasteiger partial charge < -0.3 is 19.7 Å². The summed E-state index contributed by atoms with van der Waals surface area (Å²) < 4.78 is 10.5. The van der Waals surface area contributed by atoms with Gasteiger partial charge in [-0.3, -0.25) is 14.4 Å². The summed E-state index contributed by atoms with van der Waals surface area (Å²) in [7, 11) is 0. The number of carbonyl (C=O) groups excluding carboxylic acids is 3. The Bertz CT molecular complexity index is 847. The monoisotopic (exact) mass is 618 g/mol. The van der Waals surface area contributed by atoms with Crippen LogP contribution < -0.4 is 0 Å². The van der Waals surface area contributed by atoms with Gasteiger partial charge in [0.05, 0.1) is 12.7 Å². The second kappa shape index (κ2) is 27.1. The van der Waals surface area contributed by atoms with Crippen molar-refractivity contribution in [3.8, 4) is 0 Å². The third kappa shape index (κ3) is 20.7. The van der Waals surface area contributed by atoms with Gasteiger partial charge in [-0.25, -0.2) is 0 Å². The van der Waals surface area contributed by atoms with E-state index in [4.69, 9.17) is 9.47 Å². The fraction of sp³-hybridized carbons (Fsp3) is 0.757. The molecule has 0 radical (unpaired) electrons. The van der Waals surface area contributed by atoms with Gasteiger partial charge in [-0.15, -0.1) is 0 Å². The van der Waals surface area contributed by atoms with Gasteiger partial charge in [-0.1, -0.05) is 128 Å². The van der Waals surface area contributed by atoms with Crippen LogP contribution in [0.15, 0.2) is 36.5 Å². The number of carbonyl (C=O) groups is 3. The molecule has 44 heavy (non-hydrogen) atoms. The number of allylic oxidation sites excluding steroid dienone is 5. The molecule has 1 aliphatic carbocycles. The van der Waals surface area contributed by atoms with Gasteiger partial charge in [-0.05, 0) is 44.1 Å². The van der Waals surface area contributed by atoms with Gasteiger partial charge in [0.2, 0.25) is 0 Å². The van der Waals surface area contributed by atoms with Gasteiger partial charge in [0.15, 0.2) is 11.9 Å². The molecule has 252 valence electrons. The predicted octanol–water partition coefficient (Wildman–Crippen LogP) is 8.12. The van der Waals surface area contributed by atoms with Crippen molar-refractivity contribution in [3.63, 3.8) is 0 Å². The molecule has 0 amide bonds. The highest BCUT2D eigenvalue weighted by atomic mass is 16.6. The van der Waals surface area contributed by atoms with Crippen molar-refractivity contribution in [2.45, 2.75) is 154 Å². The van der Waals surface area contributed by atoms with E-state index >= 15 is 0 Å². The van der Waals surface area contributed by atoms with Crippen molar-refractivity contribution in [2.24, 2.45) is 11.8 Å². The number of rotatable bonds is 28. The number of unbranched alkanes of at least 4 members (excludes halogenated alkanes) is 13. The molecule has 0 saturated carbocycles. The number of hydrogen-bond acceptors (Lipinski definition) is 7. The Morgan fingerprint density at radius 2 is 1.45 bits per heavy atom. The normalized spacial score (nSPS) is 18.0. The molecule has 0 unspecified atom stereocenters. The highest BCUT2D eigenvalue weighted by Gasteiger charge is 2.27. The smallest absolute Gasteiger partial charge is 0.306 e. The molecule has 0 aliphatic heterocycles. The van der Waals surface area contributed by atoms with E-state index in [1.807, 2.05) is 24.3 Å². The molecule has 4 atom stereocenters. The van der Waals surface area contributed by atoms with Crippen LogP contribution in [-0.4, -0.2) is 53.4 Å². The molecule has 0 aromatic heterocycles. The first kappa shape index (κ1) is 39.8. The van der Waals surface area contributed by atoms with Crippen molar-refractivity contribution >= 4 is 17.7 Å². The topological polar surface area (TPSA) is 110 Å². The number of ketones is 1. The zero-order chi connectivity index (χ0) is 32.3. The number of aliphatic hydroxyl groups is 2. The SMILES string of the molecule is CCCCCCCCCCCCCC(=O)O[C@@H](CO)COC(=O)CCC/C=C\C[C@H]1C=CC(=O)[C@@H]1/C=C/[C@@H](O)CCCCC. The summed E-state index contributed by atoms with van der Waals surface area (Å²) in [6.07, 6.45) is 29.7. The van der Waals surface area contributed by atoms with Crippen molar-refractivity contribution in [2.75, 3.05) is 13.2 Å². The average molecular weight is 619 g/mol. The van der Waals surface area contributed by atoms with Gasteiger partial charge in [0.25, 0.3) is 0 Å². The maximum Gasteiger partial charge on any atom is 0.306 e. The van der Waals surface area contributed by atoms with Gasteiger partial charge in [0, 0.05) is 18.8 Å². The molecular formula is C37H62O7. The van der Waals surface area contributed by atoms with Gasteiger partial charge >= 0.3 is 11.9 Å². The Hall–Kier alpha value is -2.25. The first-order valence-corrected chi connectivity index (χ1v) is 17.6. The number of esters is 2. The molecule has 2 N–H and O–H groups in total. The first-order valence-electron chi connectivity index (χ1n) is 17.6. The minimum Gasteiger partial charge on any atom is -0.462 e. The quantitative estimate of drug-likeness (QED) is 0.0518. The summed E-state index contributed by atoms with van der Waals surface area (Å²) in [5.41, 5.74) is 0. The highest BCUT2D eigenvalue weighted by Crippen LogP contribution is 2.27. The van der Waals surface area contributed by atoms with Crippen LogP contribution in [0.2, 0.25) is 0 Å². The zero-order valence-corrected chi connectivity index (χ0v) is 27.8. The lowest BCUT2D eigenvalue weighted by Crippen LogP contribution is -2.28. The third-order valence-electron chi connectivity index (χ3n) is 8.18. The molecule has 0 spiro atoms. The van der Waals surface area contributed by atoms with Gasteiger partial charge in [-0.2, -0.15) is 0 Å². The van der Waals surface area contributed by atoms with Crippen LogP contribution in [0, 0.1) is 11.8 Å². The van der Waals surface area contributed by atoms with Crippen molar-refractivity contribution in [1.82, 2.24) is 0 Å². The molecular weight excluding hydrogens is 556 g/mol. The number of aliphatic hydroxyl groups excluding tert-OH is 2. The second-order valence-electron chi connectivity index (χ2n) is 12.3. The van der Waals surface area contributed by atoms with E-state index in [-0.39, 0.29) is 49.2 Å². The van der Waals surface area contributed by atoms with Crippen molar-refractivity contribution in [1.29, 1.82) is 0 Å². The summed E-state index contributed by atoms with van der Waals surface area (Å²) in [5.74, 6) is -0.824. The molecule has 0 aromatic carbocycles. The Morgan fingerprint density at radius 1 is 0.841 bits per heavy atom. The number of hydrogen-bond donors (Lipinski definition) is 2. The minimum atomic E-state index is -0.833. The summed E-state index contributed by atoms with van der Waals surface area (Å²) in [6, 6.07) is 0. The van der Waals surface area contributed by atoms with E-state index in [1.165, 1.54) is 51.4 Å². The minimum absolute atomic E-state index is 0.0732. The zero-order valence-electron chi connectivity index (χ0n) is 27.8. The molecule has 0 saturated heterocycles.